The van der Waals surface area contributed by atoms with Gasteiger partial charge in [-0.05, 0) is 36.0 Å². The van der Waals surface area contributed by atoms with Gasteiger partial charge in [0, 0.05) is 6.92 Å². The van der Waals surface area contributed by atoms with Crippen molar-refractivity contribution in [2.45, 2.75) is 47.0 Å². The summed E-state index contributed by atoms with van der Waals surface area (Å²) in [5.74, 6) is -1.17. The number of guanidine groups is 1. The number of benzene rings is 1. The Kier molecular flexibility index (Phi) is 12.2. The highest BCUT2D eigenvalue weighted by atomic mass is 16.4. The Labute approximate surface area is 121 Å². The number of hydrogen-bond donors (Lipinski definition) is 4. The molecule has 1 aromatic carbocycles. The first-order valence-corrected chi connectivity index (χ1v) is 6.67. The van der Waals surface area contributed by atoms with Crippen molar-refractivity contribution >= 4 is 11.9 Å². The monoisotopic (exact) mass is 281 g/mol. The number of carbonyl (C=O) groups is 1. The lowest BCUT2D eigenvalue weighted by Crippen LogP contribution is -2.20. The standard InChI is InChI=1S/C12H18.C2H4O2.CH5N3/c1-4-10-7-11(5-2)9-12(6-3)8-10;1-2(3)4;2-1(3)4/h7-9H,4-6H2,1-3H3;1H3,(H,3,4);(H5,2,3,4). The van der Waals surface area contributed by atoms with Crippen molar-refractivity contribution in [3.05, 3.63) is 34.9 Å². The van der Waals surface area contributed by atoms with Crippen LogP contribution >= 0.6 is 0 Å². The van der Waals surface area contributed by atoms with Gasteiger partial charge in [-0.3, -0.25) is 10.2 Å². The van der Waals surface area contributed by atoms with Crippen molar-refractivity contribution in [1.82, 2.24) is 0 Å². The Morgan fingerprint density at radius 1 is 1.00 bits per heavy atom. The van der Waals surface area contributed by atoms with Crippen LogP contribution in [0.4, 0.5) is 0 Å². The normalized spacial score (nSPS) is 8.60. The van der Waals surface area contributed by atoms with Gasteiger partial charge in [-0.1, -0.05) is 39.0 Å². The summed E-state index contributed by atoms with van der Waals surface area (Å²) in [4.78, 5) is 9.00. The predicted octanol–water partition coefficient (Wildman–Crippen LogP) is 2.30. The number of carboxylic acids is 1. The number of aryl methyl sites for hydroxylation is 3. The van der Waals surface area contributed by atoms with E-state index in [9.17, 15) is 0 Å². The summed E-state index contributed by atoms with van der Waals surface area (Å²) < 4.78 is 0. The van der Waals surface area contributed by atoms with Crippen molar-refractivity contribution in [1.29, 1.82) is 5.41 Å². The highest BCUT2D eigenvalue weighted by molar-refractivity contribution is 5.71. The molecule has 5 nitrogen and oxygen atoms in total. The molecule has 0 atom stereocenters. The second-order valence-corrected chi connectivity index (χ2v) is 4.19. The number of hydrogen-bond acceptors (Lipinski definition) is 2. The summed E-state index contributed by atoms with van der Waals surface area (Å²) in [5, 5.41) is 13.5. The van der Waals surface area contributed by atoms with Gasteiger partial charge in [0.25, 0.3) is 5.97 Å². The third kappa shape index (κ3) is 14.0. The molecule has 6 N–H and O–H groups in total. The van der Waals surface area contributed by atoms with Crippen LogP contribution in [-0.2, 0) is 24.1 Å². The van der Waals surface area contributed by atoms with Crippen LogP contribution in [-0.4, -0.2) is 17.0 Å². The van der Waals surface area contributed by atoms with Gasteiger partial charge in [0.2, 0.25) is 0 Å². The first kappa shape index (κ1) is 20.3. The Balaban J connectivity index is 0. The first-order chi connectivity index (χ1) is 9.26. The SMILES string of the molecule is CC(=O)O.CCc1cc(CC)cc(CC)c1.N=C(N)N. The zero-order valence-corrected chi connectivity index (χ0v) is 12.9. The maximum absolute atomic E-state index is 9.00. The van der Waals surface area contributed by atoms with Gasteiger partial charge in [-0.25, -0.2) is 0 Å². The average Bonchev–Trinajstić information content (AvgIpc) is 2.36. The fourth-order valence-electron chi connectivity index (χ4n) is 1.45. The molecule has 0 aliphatic carbocycles. The molecule has 0 aliphatic heterocycles. The fraction of sp³-hybridized carbons (Fsp3) is 0.467. The predicted molar refractivity (Wildman–Crippen MR) is 84.0 cm³/mol. The summed E-state index contributed by atoms with van der Waals surface area (Å²) in [6.07, 6.45) is 3.46. The molecule has 0 unspecified atom stereocenters. The van der Waals surface area contributed by atoms with E-state index in [0.717, 1.165) is 26.2 Å². The van der Waals surface area contributed by atoms with Gasteiger partial charge in [0.1, 0.15) is 0 Å². The van der Waals surface area contributed by atoms with Crippen LogP contribution in [0.25, 0.3) is 0 Å². The molecule has 0 spiro atoms. The zero-order valence-electron chi connectivity index (χ0n) is 12.9. The Hall–Kier alpha value is -2.04. The third-order valence-electron chi connectivity index (χ3n) is 2.34. The number of rotatable bonds is 3. The van der Waals surface area contributed by atoms with E-state index >= 15 is 0 Å². The van der Waals surface area contributed by atoms with E-state index in [4.69, 9.17) is 15.3 Å². The molecule has 0 bridgehead atoms. The van der Waals surface area contributed by atoms with Crippen LogP contribution in [0.15, 0.2) is 18.2 Å². The first-order valence-electron chi connectivity index (χ1n) is 6.67. The minimum Gasteiger partial charge on any atom is -0.481 e. The molecule has 20 heavy (non-hydrogen) atoms. The molecule has 0 fully saturated rings. The molecule has 0 amide bonds. The fourth-order valence-corrected chi connectivity index (χ4v) is 1.45. The van der Waals surface area contributed by atoms with Crippen LogP contribution < -0.4 is 11.5 Å². The lowest BCUT2D eigenvalue weighted by atomic mass is 10.0. The average molecular weight is 281 g/mol. The summed E-state index contributed by atoms with van der Waals surface area (Å²) in [7, 11) is 0. The Morgan fingerprint density at radius 2 is 1.15 bits per heavy atom. The van der Waals surface area contributed by atoms with Gasteiger partial charge in [-0.2, -0.15) is 0 Å². The second kappa shape index (κ2) is 12.0. The van der Waals surface area contributed by atoms with Crippen LogP contribution in [0.2, 0.25) is 0 Å². The molecule has 5 heteroatoms. The van der Waals surface area contributed by atoms with E-state index < -0.39 is 5.97 Å². The molecule has 0 radical (unpaired) electrons. The summed E-state index contributed by atoms with van der Waals surface area (Å²) >= 11 is 0. The lowest BCUT2D eigenvalue weighted by Gasteiger charge is -2.05. The maximum Gasteiger partial charge on any atom is 0.300 e. The molecule has 0 saturated carbocycles. The lowest BCUT2D eigenvalue weighted by molar-refractivity contribution is -0.134. The Bertz CT molecular complexity index is 342. The minimum atomic E-state index is -0.833. The highest BCUT2D eigenvalue weighted by Gasteiger charge is 1.96. The topological polar surface area (TPSA) is 113 Å². The van der Waals surface area contributed by atoms with Crippen molar-refractivity contribution in [3.8, 4) is 0 Å². The number of nitrogens with two attached hydrogens (primary N) is 2. The number of aliphatic carboxylic acids is 1. The highest BCUT2D eigenvalue weighted by Crippen LogP contribution is 2.12. The minimum absolute atomic E-state index is 0.333. The summed E-state index contributed by atoms with van der Waals surface area (Å²) in [5.41, 5.74) is 13.4. The molecule has 0 aliphatic rings. The maximum atomic E-state index is 9.00. The van der Waals surface area contributed by atoms with Crippen molar-refractivity contribution in [2.24, 2.45) is 11.5 Å². The summed E-state index contributed by atoms with van der Waals surface area (Å²) in [6.45, 7) is 7.73. The van der Waals surface area contributed by atoms with Crippen LogP contribution in [0.5, 0.6) is 0 Å². The largest absolute Gasteiger partial charge is 0.481 e. The van der Waals surface area contributed by atoms with Crippen LogP contribution in [0, 0.1) is 5.41 Å². The molecule has 1 rings (SSSR count). The molecule has 114 valence electrons. The molecule has 1 aromatic rings. The van der Waals surface area contributed by atoms with E-state index in [1.54, 1.807) is 0 Å². The smallest absolute Gasteiger partial charge is 0.300 e. The molecule has 0 saturated heterocycles. The van der Waals surface area contributed by atoms with Crippen molar-refractivity contribution in [2.75, 3.05) is 0 Å². The van der Waals surface area contributed by atoms with Crippen LogP contribution in [0.1, 0.15) is 44.4 Å². The van der Waals surface area contributed by atoms with E-state index in [0.29, 0.717) is 0 Å². The van der Waals surface area contributed by atoms with Crippen LogP contribution in [0.3, 0.4) is 0 Å². The van der Waals surface area contributed by atoms with Gasteiger partial charge < -0.3 is 16.6 Å². The van der Waals surface area contributed by atoms with E-state index in [1.165, 1.54) is 16.7 Å². The summed E-state index contributed by atoms with van der Waals surface area (Å²) in [6, 6.07) is 6.96. The Morgan fingerprint density at radius 3 is 1.25 bits per heavy atom. The third-order valence-corrected chi connectivity index (χ3v) is 2.34. The molecule has 0 aromatic heterocycles. The van der Waals surface area contributed by atoms with E-state index in [2.05, 4.69) is 50.4 Å². The molecular weight excluding hydrogens is 254 g/mol. The number of carboxylic acid groups (broad SMARTS) is 1. The second-order valence-electron chi connectivity index (χ2n) is 4.19. The van der Waals surface area contributed by atoms with Gasteiger partial charge in [0.05, 0.1) is 0 Å². The zero-order chi connectivity index (χ0) is 16.1. The molecular formula is C15H27N3O2. The van der Waals surface area contributed by atoms with Gasteiger partial charge in [0.15, 0.2) is 5.96 Å². The van der Waals surface area contributed by atoms with Gasteiger partial charge >= 0.3 is 0 Å². The van der Waals surface area contributed by atoms with Gasteiger partial charge in [-0.15, -0.1) is 0 Å². The van der Waals surface area contributed by atoms with Crippen molar-refractivity contribution in [3.63, 3.8) is 0 Å². The van der Waals surface area contributed by atoms with E-state index in [-0.39, 0.29) is 5.96 Å². The number of nitrogens with one attached hydrogen (secondary N) is 1. The van der Waals surface area contributed by atoms with Crippen molar-refractivity contribution < 1.29 is 9.90 Å². The molecule has 0 heterocycles. The quantitative estimate of drug-likeness (QED) is 0.503. The van der Waals surface area contributed by atoms with E-state index in [1.807, 2.05) is 0 Å².